The van der Waals surface area contributed by atoms with Gasteiger partial charge in [0.1, 0.15) is 4.21 Å². The average molecular weight is 423 g/mol. The van der Waals surface area contributed by atoms with Crippen LogP contribution in [-0.4, -0.2) is 41.0 Å². The number of aromatic nitrogens is 2. The maximum absolute atomic E-state index is 12.5. The summed E-state index contributed by atoms with van der Waals surface area (Å²) in [4.78, 5) is 13.3. The minimum Gasteiger partial charge on any atom is -0.450 e. The maximum Gasteiger partial charge on any atom is 0.503 e. The first-order valence-electron chi connectivity index (χ1n) is 8.16. The Morgan fingerprint density at radius 3 is 2.50 bits per heavy atom. The zero-order valence-electron chi connectivity index (χ0n) is 14.6. The van der Waals surface area contributed by atoms with E-state index in [4.69, 9.17) is 19.5 Å². The second-order valence-electron chi connectivity index (χ2n) is 6.02. The van der Waals surface area contributed by atoms with Crippen molar-refractivity contribution in [3.63, 3.8) is 0 Å². The van der Waals surface area contributed by atoms with Crippen LogP contribution in [0.3, 0.4) is 0 Å². The molecular formula is C17H17N3O6S2. The van der Waals surface area contributed by atoms with Crippen molar-refractivity contribution in [1.29, 1.82) is 0 Å². The van der Waals surface area contributed by atoms with Crippen LogP contribution in [0, 0.1) is 6.92 Å². The molecule has 0 amide bonds. The van der Waals surface area contributed by atoms with Gasteiger partial charge < -0.3 is 14.7 Å². The Kier molecular flexibility index (Phi) is 5.77. The average Bonchev–Trinajstić information content (AvgIpc) is 3.03. The molecule has 1 aliphatic carbocycles. The molecule has 1 saturated carbocycles. The highest BCUT2D eigenvalue weighted by Crippen LogP contribution is 2.42. The number of benzene rings is 1. The van der Waals surface area contributed by atoms with Gasteiger partial charge in [-0.1, -0.05) is 35.5 Å². The number of rotatable bonds is 5. The van der Waals surface area contributed by atoms with E-state index in [1.807, 2.05) is 30.3 Å². The molecule has 0 unspecified atom stereocenters. The molecule has 0 saturated heterocycles. The van der Waals surface area contributed by atoms with Crippen molar-refractivity contribution in [2.75, 3.05) is 0 Å². The van der Waals surface area contributed by atoms with Crippen molar-refractivity contribution >= 4 is 27.5 Å². The Balaban J connectivity index is 0.000000516. The summed E-state index contributed by atoms with van der Waals surface area (Å²) in [6.07, 6.45) is -1.01. The van der Waals surface area contributed by atoms with Crippen LogP contribution in [0.15, 0.2) is 51.2 Å². The van der Waals surface area contributed by atoms with Gasteiger partial charge in [-0.2, -0.15) is 4.98 Å². The van der Waals surface area contributed by atoms with Gasteiger partial charge in [-0.3, -0.25) is 0 Å². The Morgan fingerprint density at radius 2 is 1.89 bits per heavy atom. The monoisotopic (exact) mass is 423 g/mol. The highest BCUT2D eigenvalue weighted by molar-refractivity contribution is 7.91. The molecule has 9 nitrogen and oxygen atoms in total. The number of hydrogen-bond acceptors (Lipinski definition) is 7. The van der Waals surface area contributed by atoms with E-state index in [1.54, 1.807) is 19.1 Å². The number of sulfonamides is 1. The van der Waals surface area contributed by atoms with Crippen molar-refractivity contribution < 1.29 is 27.9 Å². The summed E-state index contributed by atoms with van der Waals surface area (Å²) < 4.78 is 33.1. The second-order valence-corrected chi connectivity index (χ2v) is 9.04. The minimum absolute atomic E-state index is 0.0460. The lowest BCUT2D eigenvalue weighted by molar-refractivity contribution is 0.137. The maximum atomic E-state index is 12.5. The normalized spacial score (nSPS) is 18.2. The molecule has 1 fully saturated rings. The molecule has 0 aliphatic heterocycles. The SMILES string of the molecule is Cc1nc(-c2ccc(S(=O)(=O)N[C@H]3C[C@@H]3c3ccccc3)s2)no1.O=C(O)O. The molecular weight excluding hydrogens is 406 g/mol. The fourth-order valence-corrected chi connectivity index (χ4v) is 5.17. The van der Waals surface area contributed by atoms with Crippen LogP contribution in [0.2, 0.25) is 0 Å². The van der Waals surface area contributed by atoms with Crippen LogP contribution in [-0.2, 0) is 10.0 Å². The largest absolute Gasteiger partial charge is 0.503 e. The van der Waals surface area contributed by atoms with E-state index in [0.29, 0.717) is 16.6 Å². The van der Waals surface area contributed by atoms with Gasteiger partial charge in [-0.05, 0) is 24.1 Å². The molecule has 1 aromatic carbocycles. The van der Waals surface area contributed by atoms with Crippen molar-refractivity contribution in [3.05, 3.63) is 53.9 Å². The second kappa shape index (κ2) is 8.09. The summed E-state index contributed by atoms with van der Waals surface area (Å²) >= 11 is 1.14. The first-order chi connectivity index (χ1) is 13.3. The summed E-state index contributed by atoms with van der Waals surface area (Å²) in [7, 11) is -3.54. The molecule has 2 atom stereocenters. The number of thiophene rings is 1. The number of nitrogens with one attached hydrogen (secondary N) is 1. The van der Waals surface area contributed by atoms with Gasteiger partial charge in [-0.25, -0.2) is 17.9 Å². The molecule has 11 heteroatoms. The van der Waals surface area contributed by atoms with E-state index in [9.17, 15) is 8.42 Å². The van der Waals surface area contributed by atoms with Crippen LogP contribution in [0.25, 0.3) is 10.7 Å². The summed E-state index contributed by atoms with van der Waals surface area (Å²) in [6.45, 7) is 1.69. The molecule has 1 aliphatic rings. The van der Waals surface area contributed by atoms with Gasteiger partial charge in [0.05, 0.1) is 4.88 Å². The number of aryl methyl sites for hydroxylation is 1. The van der Waals surface area contributed by atoms with Crippen LogP contribution in [0.4, 0.5) is 4.79 Å². The first-order valence-corrected chi connectivity index (χ1v) is 10.5. The molecule has 0 bridgehead atoms. The van der Waals surface area contributed by atoms with Crippen molar-refractivity contribution in [2.24, 2.45) is 0 Å². The number of carboxylic acid groups (broad SMARTS) is 2. The highest BCUT2D eigenvalue weighted by Gasteiger charge is 2.41. The standard InChI is InChI=1S/C16H15N3O3S2.CH2O3/c1-10-17-16(18-22-10)14-7-8-15(23-14)24(20,21)19-13-9-12(13)11-5-3-2-4-6-11;2-1(3)4/h2-8,12-13,19H,9H2,1H3;(H2,2,3,4)/t12-,13+;/m1./s1. The summed E-state index contributed by atoms with van der Waals surface area (Å²) in [5, 5.41) is 17.8. The molecule has 2 aromatic heterocycles. The van der Waals surface area contributed by atoms with Crippen molar-refractivity contribution in [3.8, 4) is 10.7 Å². The van der Waals surface area contributed by atoms with Crippen LogP contribution in [0.5, 0.6) is 0 Å². The lowest BCUT2D eigenvalue weighted by Gasteiger charge is -2.04. The Labute approximate surface area is 164 Å². The van der Waals surface area contributed by atoms with E-state index in [1.165, 1.54) is 5.56 Å². The third-order valence-corrected chi connectivity index (χ3v) is 6.98. The van der Waals surface area contributed by atoms with E-state index in [2.05, 4.69) is 14.9 Å². The molecule has 148 valence electrons. The van der Waals surface area contributed by atoms with Gasteiger partial charge in [-0.15, -0.1) is 11.3 Å². The van der Waals surface area contributed by atoms with Gasteiger partial charge in [0.15, 0.2) is 0 Å². The summed E-state index contributed by atoms with van der Waals surface area (Å²) in [5.41, 5.74) is 1.17. The van der Waals surface area contributed by atoms with Crippen molar-refractivity contribution in [2.45, 2.75) is 29.5 Å². The van der Waals surface area contributed by atoms with Gasteiger partial charge >= 0.3 is 6.16 Å². The zero-order chi connectivity index (χ0) is 20.3. The topological polar surface area (TPSA) is 143 Å². The van der Waals surface area contributed by atoms with Gasteiger partial charge in [0, 0.05) is 18.9 Å². The summed E-state index contributed by atoms with van der Waals surface area (Å²) in [6, 6.07) is 13.2. The zero-order valence-corrected chi connectivity index (χ0v) is 16.3. The predicted molar refractivity (Wildman–Crippen MR) is 101 cm³/mol. The number of hydrogen-bond donors (Lipinski definition) is 3. The Morgan fingerprint density at radius 1 is 1.21 bits per heavy atom. The minimum atomic E-state index is -3.54. The molecule has 3 N–H and O–H groups in total. The Hall–Kier alpha value is -2.76. The van der Waals surface area contributed by atoms with Crippen LogP contribution < -0.4 is 4.72 Å². The fraction of sp³-hybridized carbons (Fsp3) is 0.235. The fourth-order valence-electron chi connectivity index (χ4n) is 2.64. The molecule has 0 spiro atoms. The van der Waals surface area contributed by atoms with E-state index in [0.717, 1.165) is 17.8 Å². The number of carbonyl (C=O) groups is 1. The third kappa shape index (κ3) is 4.94. The molecule has 0 radical (unpaired) electrons. The lowest BCUT2D eigenvalue weighted by Crippen LogP contribution is -2.26. The van der Waals surface area contributed by atoms with E-state index < -0.39 is 16.2 Å². The number of nitrogens with zero attached hydrogens (tertiary/aromatic N) is 2. The van der Waals surface area contributed by atoms with Crippen LogP contribution in [0.1, 0.15) is 23.8 Å². The predicted octanol–water partition coefficient (Wildman–Crippen LogP) is 3.16. The van der Waals surface area contributed by atoms with Gasteiger partial charge in [0.2, 0.25) is 21.7 Å². The van der Waals surface area contributed by atoms with Crippen molar-refractivity contribution in [1.82, 2.24) is 14.9 Å². The third-order valence-electron chi connectivity index (χ3n) is 3.92. The summed E-state index contributed by atoms with van der Waals surface area (Å²) in [5.74, 6) is 1.11. The molecule has 4 rings (SSSR count). The molecule has 3 aromatic rings. The molecule has 2 heterocycles. The highest BCUT2D eigenvalue weighted by atomic mass is 32.2. The quantitative estimate of drug-likeness (QED) is 0.568. The van der Waals surface area contributed by atoms with E-state index in [-0.39, 0.29) is 16.2 Å². The molecule has 28 heavy (non-hydrogen) atoms. The van der Waals surface area contributed by atoms with Gasteiger partial charge in [0.25, 0.3) is 0 Å². The smallest absolute Gasteiger partial charge is 0.450 e. The Bertz CT molecular complexity index is 1060. The van der Waals surface area contributed by atoms with Crippen LogP contribution >= 0.6 is 11.3 Å². The first kappa shape index (κ1) is 20.0. The van der Waals surface area contributed by atoms with E-state index >= 15 is 0 Å². The lowest BCUT2D eigenvalue weighted by atomic mass is 10.1.